The van der Waals surface area contributed by atoms with Gasteiger partial charge >= 0.3 is 6.09 Å². The number of hydrogen-bond donors (Lipinski definition) is 2. The molecule has 0 bridgehead atoms. The van der Waals surface area contributed by atoms with Crippen LogP contribution in [0.2, 0.25) is 0 Å². The fourth-order valence-electron chi connectivity index (χ4n) is 0.545. The molecule has 0 radical (unpaired) electrons. The first kappa shape index (κ1) is 17.5. The Kier molecular flexibility index (Phi) is 6.78. The highest BCUT2D eigenvalue weighted by Crippen LogP contribution is 2.33. The van der Waals surface area contributed by atoms with Gasteiger partial charge in [-0.05, 0) is 0 Å². The van der Waals surface area contributed by atoms with E-state index >= 15 is 0 Å². The molecule has 0 fully saturated rings. The lowest BCUT2D eigenvalue weighted by Gasteiger charge is -2.26. The number of carbonyl (C=O) groups is 2. The van der Waals surface area contributed by atoms with E-state index in [1.54, 1.807) is 0 Å². The summed E-state index contributed by atoms with van der Waals surface area (Å²) in [5.74, 6) is -1.11. The molecule has 100 valence electrons. The predicted molar refractivity (Wildman–Crippen MR) is 68.1 cm³/mol. The number of nitrogens with one attached hydrogen (secondary N) is 2. The van der Waals surface area contributed by atoms with E-state index in [4.69, 9.17) is 69.6 Å². The summed E-state index contributed by atoms with van der Waals surface area (Å²) < 4.78 is 0.172. The summed E-state index contributed by atoms with van der Waals surface area (Å²) in [6, 6.07) is 0. The maximum absolute atomic E-state index is 11.3. The zero-order valence-corrected chi connectivity index (χ0v) is 12.6. The van der Waals surface area contributed by atoms with Crippen molar-refractivity contribution >= 4 is 81.6 Å². The van der Waals surface area contributed by atoms with Gasteiger partial charge in [0.15, 0.2) is 0 Å². The molecule has 0 heterocycles. The number of alkyl carbamates (subject to hydrolysis) is 1. The second-order valence-corrected chi connectivity index (χ2v) is 7.20. The van der Waals surface area contributed by atoms with Crippen LogP contribution in [0.4, 0.5) is 4.79 Å². The molecular formula is C6H6Cl6N2O3. The van der Waals surface area contributed by atoms with E-state index < -0.39 is 25.8 Å². The lowest BCUT2D eigenvalue weighted by atomic mass is 10.5. The minimum absolute atomic E-state index is 0.939. The van der Waals surface area contributed by atoms with Gasteiger partial charge in [0.05, 0.1) is 0 Å². The number of halogens is 6. The van der Waals surface area contributed by atoms with Crippen molar-refractivity contribution in [1.29, 1.82) is 0 Å². The predicted octanol–water partition coefficient (Wildman–Crippen LogP) is 2.53. The zero-order valence-electron chi connectivity index (χ0n) is 8.07. The van der Waals surface area contributed by atoms with Crippen molar-refractivity contribution in [3.8, 4) is 0 Å². The van der Waals surface area contributed by atoms with Crippen LogP contribution in [0.3, 0.4) is 0 Å². The van der Waals surface area contributed by atoms with Gasteiger partial charge in [-0.3, -0.25) is 4.79 Å². The number of carbonyl (C=O) groups excluding carboxylic acids is 2. The molecule has 0 aliphatic heterocycles. The lowest BCUT2D eigenvalue weighted by molar-refractivity contribution is -0.123. The summed E-state index contributed by atoms with van der Waals surface area (Å²) in [5, 5.41) is 4.04. The average molecular weight is 367 g/mol. The monoisotopic (exact) mass is 364 g/mol. The van der Waals surface area contributed by atoms with Gasteiger partial charge in [0.25, 0.3) is 9.70 Å². The highest BCUT2D eigenvalue weighted by Gasteiger charge is 2.41. The summed E-state index contributed by atoms with van der Waals surface area (Å²) in [7, 11) is 1.27. The second kappa shape index (κ2) is 6.59. The first-order valence-electron chi connectivity index (χ1n) is 3.81. The van der Waals surface area contributed by atoms with Crippen LogP contribution in [0.5, 0.6) is 0 Å². The molecule has 11 heteroatoms. The molecule has 0 saturated carbocycles. The Morgan fingerprint density at radius 3 is 1.88 bits per heavy atom. The van der Waals surface area contributed by atoms with Crippen LogP contribution in [-0.4, -0.2) is 32.9 Å². The summed E-state index contributed by atoms with van der Waals surface area (Å²) in [6.45, 7) is 0. The topological polar surface area (TPSA) is 67.4 Å². The second-order valence-electron chi connectivity index (χ2n) is 2.55. The summed E-state index contributed by atoms with van der Waals surface area (Å²) in [6.07, 6.45) is -2.55. The molecule has 0 rings (SSSR count). The molecule has 17 heavy (non-hydrogen) atoms. The Hall–Kier alpha value is 0.480. The highest BCUT2D eigenvalue weighted by atomic mass is 35.6. The number of alkyl halides is 6. The van der Waals surface area contributed by atoms with Crippen molar-refractivity contribution in [2.75, 3.05) is 7.05 Å². The van der Waals surface area contributed by atoms with Crippen LogP contribution in [0.25, 0.3) is 0 Å². The fourth-order valence-corrected chi connectivity index (χ4v) is 1.01. The molecule has 0 saturated heterocycles. The van der Waals surface area contributed by atoms with Crippen molar-refractivity contribution < 1.29 is 14.3 Å². The standard InChI is InChI=1S/C6H6Cl6N2O3/c1-13-4(16)17-3(6(10,11)12)14-2(15)5(7,8)9/h3H,1H3,(H,13,16)(H,14,15). The Morgan fingerprint density at radius 2 is 1.59 bits per heavy atom. The van der Waals surface area contributed by atoms with Crippen molar-refractivity contribution in [2.45, 2.75) is 13.8 Å². The smallest absolute Gasteiger partial charge is 0.408 e. The lowest BCUT2D eigenvalue weighted by Crippen LogP contribution is -2.51. The largest absolute Gasteiger partial charge is 0.421 e. The maximum atomic E-state index is 11.3. The highest BCUT2D eigenvalue weighted by molar-refractivity contribution is 6.76. The molecule has 0 spiro atoms. The molecule has 0 aliphatic rings. The quantitative estimate of drug-likeness (QED) is 0.583. The van der Waals surface area contributed by atoms with Gasteiger partial charge in [0.1, 0.15) is 0 Å². The minimum atomic E-state index is -2.28. The van der Waals surface area contributed by atoms with E-state index in [-0.39, 0.29) is 0 Å². The maximum Gasteiger partial charge on any atom is 0.408 e. The van der Waals surface area contributed by atoms with Crippen molar-refractivity contribution in [3.63, 3.8) is 0 Å². The van der Waals surface area contributed by atoms with E-state index in [1.807, 2.05) is 5.32 Å². The van der Waals surface area contributed by atoms with Crippen LogP contribution < -0.4 is 10.6 Å². The van der Waals surface area contributed by atoms with Crippen LogP contribution in [0, 0.1) is 0 Å². The van der Waals surface area contributed by atoms with Gasteiger partial charge in [-0.15, -0.1) is 0 Å². The molecule has 0 aromatic rings. The first-order chi connectivity index (χ1) is 7.48. The Morgan fingerprint density at radius 1 is 1.12 bits per heavy atom. The van der Waals surface area contributed by atoms with E-state index in [9.17, 15) is 9.59 Å². The van der Waals surface area contributed by atoms with E-state index in [1.165, 1.54) is 7.05 Å². The van der Waals surface area contributed by atoms with Crippen molar-refractivity contribution in [1.82, 2.24) is 10.6 Å². The van der Waals surface area contributed by atoms with Gasteiger partial charge in [0, 0.05) is 7.05 Å². The van der Waals surface area contributed by atoms with Crippen LogP contribution in [-0.2, 0) is 9.53 Å². The number of rotatable bonds is 2. The Bertz CT molecular complexity index is 299. The Balaban J connectivity index is 4.74. The zero-order chi connectivity index (χ0) is 13.9. The third-order valence-electron chi connectivity index (χ3n) is 1.25. The van der Waals surface area contributed by atoms with Crippen molar-refractivity contribution in [3.05, 3.63) is 0 Å². The van der Waals surface area contributed by atoms with E-state index in [0.29, 0.717) is 0 Å². The molecule has 0 aromatic carbocycles. The molecule has 2 N–H and O–H groups in total. The number of amides is 2. The third kappa shape index (κ3) is 6.84. The number of hydrogen-bond acceptors (Lipinski definition) is 3. The molecule has 5 nitrogen and oxygen atoms in total. The van der Waals surface area contributed by atoms with E-state index in [2.05, 4.69) is 10.1 Å². The molecule has 1 unspecified atom stereocenters. The summed E-state index contributed by atoms with van der Waals surface area (Å²) >= 11 is 32.3. The number of ether oxygens (including phenoxy) is 1. The third-order valence-corrected chi connectivity index (χ3v) is 2.36. The SMILES string of the molecule is CNC(=O)OC(NC(=O)C(Cl)(Cl)Cl)C(Cl)(Cl)Cl. The normalized spacial score (nSPS) is 13.8. The van der Waals surface area contributed by atoms with Gasteiger partial charge in [-0.1, -0.05) is 69.6 Å². The molecular weight excluding hydrogens is 361 g/mol. The van der Waals surface area contributed by atoms with Gasteiger partial charge in [-0.2, -0.15) is 0 Å². The minimum Gasteiger partial charge on any atom is -0.421 e. The van der Waals surface area contributed by atoms with Crippen LogP contribution in [0.1, 0.15) is 0 Å². The average Bonchev–Trinajstić information content (AvgIpc) is 2.13. The molecule has 0 aromatic heterocycles. The van der Waals surface area contributed by atoms with Crippen LogP contribution in [0.15, 0.2) is 0 Å². The van der Waals surface area contributed by atoms with Gasteiger partial charge in [0.2, 0.25) is 10.0 Å². The van der Waals surface area contributed by atoms with Gasteiger partial charge in [-0.25, -0.2) is 4.79 Å². The summed E-state index contributed by atoms with van der Waals surface area (Å²) in [4.78, 5) is 22.2. The summed E-state index contributed by atoms with van der Waals surface area (Å²) in [5.41, 5.74) is 0. The van der Waals surface area contributed by atoms with Crippen LogP contribution >= 0.6 is 69.6 Å². The molecule has 1 atom stereocenters. The van der Waals surface area contributed by atoms with Crippen molar-refractivity contribution in [2.24, 2.45) is 0 Å². The Labute approximate surface area is 127 Å². The molecule has 0 aliphatic carbocycles. The van der Waals surface area contributed by atoms with Gasteiger partial charge < -0.3 is 15.4 Å². The molecule has 2 amide bonds. The first-order valence-corrected chi connectivity index (χ1v) is 6.08. The van der Waals surface area contributed by atoms with E-state index in [0.717, 1.165) is 0 Å². The fraction of sp³-hybridized carbons (Fsp3) is 0.667.